The van der Waals surface area contributed by atoms with Gasteiger partial charge in [-0.2, -0.15) is 13.2 Å². The number of hydrogen-bond donors (Lipinski definition) is 1. The van der Waals surface area contributed by atoms with Crippen LogP contribution in [-0.2, 0) is 18.5 Å². The molecule has 0 spiro atoms. The van der Waals surface area contributed by atoms with Gasteiger partial charge in [-0.1, -0.05) is 53.7 Å². The van der Waals surface area contributed by atoms with Crippen LogP contribution in [0.5, 0.6) is 5.75 Å². The van der Waals surface area contributed by atoms with E-state index in [4.69, 9.17) is 16.3 Å². The predicted octanol–water partition coefficient (Wildman–Crippen LogP) is 6.17. The molecule has 0 unspecified atom stereocenters. The van der Waals surface area contributed by atoms with Gasteiger partial charge in [-0.3, -0.25) is 9.36 Å². The van der Waals surface area contributed by atoms with Gasteiger partial charge < -0.3 is 10.1 Å². The number of halogens is 4. The van der Waals surface area contributed by atoms with Gasteiger partial charge in [0.1, 0.15) is 5.75 Å². The number of thioether (sulfide) groups is 1. The van der Waals surface area contributed by atoms with Crippen LogP contribution in [0.1, 0.15) is 27.3 Å². The van der Waals surface area contributed by atoms with Crippen LogP contribution >= 0.6 is 23.4 Å². The molecule has 0 saturated carbocycles. The van der Waals surface area contributed by atoms with Gasteiger partial charge in [0.05, 0.1) is 29.9 Å². The maximum atomic E-state index is 13.1. The Labute approximate surface area is 214 Å². The number of aromatic nitrogens is 3. The summed E-state index contributed by atoms with van der Waals surface area (Å²) in [4.78, 5) is 12.6. The molecule has 0 fully saturated rings. The van der Waals surface area contributed by atoms with E-state index in [0.29, 0.717) is 38.6 Å². The zero-order chi connectivity index (χ0) is 25.7. The number of benzene rings is 3. The Morgan fingerprint density at radius 3 is 2.50 bits per heavy atom. The van der Waals surface area contributed by atoms with Crippen LogP contribution in [0.25, 0.3) is 5.69 Å². The Bertz CT molecular complexity index is 1360. The number of ether oxygens (including phenoxy) is 1. The first kappa shape index (κ1) is 25.6. The fraction of sp³-hybridized carbons (Fsp3) is 0.160. The summed E-state index contributed by atoms with van der Waals surface area (Å²) in [7, 11) is 1.54. The average molecular weight is 533 g/mol. The molecular formula is C25H20ClF3N4O2S. The molecule has 1 aromatic heterocycles. The van der Waals surface area contributed by atoms with Gasteiger partial charge in [-0.15, -0.1) is 10.2 Å². The van der Waals surface area contributed by atoms with Gasteiger partial charge >= 0.3 is 6.18 Å². The molecule has 0 aliphatic heterocycles. The summed E-state index contributed by atoms with van der Waals surface area (Å²) < 4.78 is 46.1. The maximum Gasteiger partial charge on any atom is 0.416 e. The number of nitrogens with zero attached hydrogens (tertiary/aromatic N) is 3. The summed E-state index contributed by atoms with van der Waals surface area (Å²) in [6.07, 6.45) is -4.42. The van der Waals surface area contributed by atoms with E-state index in [1.165, 1.54) is 17.8 Å². The Hall–Kier alpha value is -3.50. The third-order valence-corrected chi connectivity index (χ3v) is 6.49. The lowest BCUT2D eigenvalue weighted by Gasteiger charge is -2.13. The van der Waals surface area contributed by atoms with E-state index < -0.39 is 11.7 Å². The van der Waals surface area contributed by atoms with Crippen molar-refractivity contribution in [3.63, 3.8) is 0 Å². The normalized spacial score (nSPS) is 11.4. The molecule has 4 aromatic rings. The summed E-state index contributed by atoms with van der Waals surface area (Å²) in [5.41, 5.74) is 0.802. The van der Waals surface area contributed by atoms with Crippen LogP contribution in [-0.4, -0.2) is 27.8 Å². The minimum atomic E-state index is -4.42. The first-order valence-electron chi connectivity index (χ1n) is 10.7. The highest BCUT2D eigenvalue weighted by atomic mass is 35.5. The molecule has 36 heavy (non-hydrogen) atoms. The van der Waals surface area contributed by atoms with Crippen molar-refractivity contribution in [3.05, 3.63) is 100 Å². The van der Waals surface area contributed by atoms with E-state index in [1.807, 2.05) is 0 Å². The number of alkyl halides is 3. The zero-order valence-corrected chi connectivity index (χ0v) is 20.5. The lowest BCUT2D eigenvalue weighted by atomic mass is 10.1. The van der Waals surface area contributed by atoms with Gasteiger partial charge in [0.25, 0.3) is 5.91 Å². The van der Waals surface area contributed by atoms with Crippen molar-refractivity contribution in [2.75, 3.05) is 7.11 Å². The summed E-state index contributed by atoms with van der Waals surface area (Å²) in [6.45, 7) is 0.0488. The molecule has 0 radical (unpaired) electrons. The molecule has 1 N–H and O–H groups in total. The SMILES string of the molecule is COc1ccc(C(=O)NCc2nnc(SCc3cccc(C(F)(F)F)c3)n2-c2ccccc2Cl)cc1. The minimum Gasteiger partial charge on any atom is -0.497 e. The van der Waals surface area contributed by atoms with Gasteiger partial charge in [0.15, 0.2) is 11.0 Å². The second-order valence-corrected chi connectivity index (χ2v) is 8.93. The number of hydrogen-bond acceptors (Lipinski definition) is 5. The molecule has 0 aliphatic carbocycles. The van der Waals surface area contributed by atoms with E-state index in [0.717, 1.165) is 12.1 Å². The molecule has 4 rings (SSSR count). The second-order valence-electron chi connectivity index (χ2n) is 7.58. The summed E-state index contributed by atoms with van der Waals surface area (Å²) >= 11 is 7.64. The van der Waals surface area contributed by atoms with Crippen LogP contribution < -0.4 is 10.1 Å². The fourth-order valence-corrected chi connectivity index (χ4v) is 4.50. The maximum absolute atomic E-state index is 13.1. The Morgan fingerprint density at radius 1 is 1.06 bits per heavy atom. The van der Waals surface area contributed by atoms with Crippen LogP contribution in [0.3, 0.4) is 0 Å². The topological polar surface area (TPSA) is 69.0 Å². The average Bonchev–Trinajstić information content (AvgIpc) is 3.28. The van der Waals surface area contributed by atoms with E-state index in [2.05, 4.69) is 15.5 Å². The number of methoxy groups -OCH3 is 1. The number of nitrogens with one attached hydrogen (secondary N) is 1. The largest absolute Gasteiger partial charge is 0.497 e. The minimum absolute atomic E-state index is 0.0488. The fourth-order valence-electron chi connectivity index (χ4n) is 3.37. The Morgan fingerprint density at radius 2 is 1.81 bits per heavy atom. The van der Waals surface area contributed by atoms with Gasteiger partial charge in [-0.05, 0) is 48.0 Å². The molecule has 186 valence electrons. The number of amides is 1. The number of para-hydroxylation sites is 1. The van der Waals surface area contributed by atoms with Crippen LogP contribution in [0, 0.1) is 0 Å². The summed E-state index contributed by atoms with van der Waals surface area (Å²) in [5, 5.41) is 12.1. The molecular weight excluding hydrogens is 513 g/mol. The number of rotatable bonds is 8. The van der Waals surface area contributed by atoms with Crippen molar-refractivity contribution in [1.82, 2.24) is 20.1 Å². The van der Waals surface area contributed by atoms with Gasteiger partial charge in [0, 0.05) is 11.3 Å². The van der Waals surface area contributed by atoms with Crippen molar-refractivity contribution >= 4 is 29.3 Å². The van der Waals surface area contributed by atoms with E-state index in [-0.39, 0.29) is 18.2 Å². The third kappa shape index (κ3) is 6.00. The predicted molar refractivity (Wildman–Crippen MR) is 132 cm³/mol. The highest BCUT2D eigenvalue weighted by Gasteiger charge is 2.30. The van der Waals surface area contributed by atoms with E-state index in [9.17, 15) is 18.0 Å². The number of carbonyl (C=O) groups is 1. The Kier molecular flexibility index (Phi) is 7.85. The monoisotopic (exact) mass is 532 g/mol. The molecule has 0 saturated heterocycles. The summed E-state index contributed by atoms with van der Waals surface area (Å²) in [6, 6.07) is 18.8. The Balaban J connectivity index is 1.56. The van der Waals surface area contributed by atoms with E-state index >= 15 is 0 Å². The summed E-state index contributed by atoms with van der Waals surface area (Å²) in [5.74, 6) is 0.957. The molecule has 3 aromatic carbocycles. The van der Waals surface area contributed by atoms with Crippen molar-refractivity contribution in [2.24, 2.45) is 0 Å². The van der Waals surface area contributed by atoms with E-state index in [1.54, 1.807) is 66.3 Å². The third-order valence-electron chi connectivity index (χ3n) is 5.18. The van der Waals surface area contributed by atoms with Crippen LogP contribution in [0.15, 0.2) is 78.0 Å². The zero-order valence-electron chi connectivity index (χ0n) is 18.9. The molecule has 6 nitrogen and oxygen atoms in total. The first-order valence-corrected chi connectivity index (χ1v) is 12.0. The van der Waals surface area contributed by atoms with Gasteiger partial charge in [0.2, 0.25) is 0 Å². The standard InChI is InChI=1S/C25H20ClF3N4O2S/c1-35-19-11-9-17(10-12-19)23(34)30-14-22-31-32-24(33(22)21-8-3-2-7-20(21)26)36-15-16-5-4-6-18(13-16)25(27,28)29/h2-13H,14-15H2,1H3,(H,30,34). The quantitative estimate of drug-likeness (QED) is 0.275. The molecule has 0 aliphatic rings. The molecule has 11 heteroatoms. The molecule has 0 bridgehead atoms. The number of carbonyl (C=O) groups excluding carboxylic acids is 1. The molecule has 1 heterocycles. The first-order chi connectivity index (χ1) is 17.3. The van der Waals surface area contributed by atoms with Gasteiger partial charge in [-0.25, -0.2) is 0 Å². The van der Waals surface area contributed by atoms with Crippen LogP contribution in [0.4, 0.5) is 13.2 Å². The smallest absolute Gasteiger partial charge is 0.416 e. The van der Waals surface area contributed by atoms with Crippen molar-refractivity contribution < 1.29 is 22.7 Å². The lowest BCUT2D eigenvalue weighted by Crippen LogP contribution is -2.24. The second kappa shape index (κ2) is 11.0. The molecule has 1 amide bonds. The molecule has 0 atom stereocenters. The van der Waals surface area contributed by atoms with Crippen molar-refractivity contribution in [3.8, 4) is 11.4 Å². The van der Waals surface area contributed by atoms with Crippen molar-refractivity contribution in [2.45, 2.75) is 23.6 Å². The van der Waals surface area contributed by atoms with Crippen molar-refractivity contribution in [1.29, 1.82) is 0 Å². The highest BCUT2D eigenvalue weighted by molar-refractivity contribution is 7.98. The highest BCUT2D eigenvalue weighted by Crippen LogP contribution is 2.32. The van der Waals surface area contributed by atoms with Crippen LogP contribution in [0.2, 0.25) is 5.02 Å². The lowest BCUT2D eigenvalue weighted by molar-refractivity contribution is -0.137.